The number of aromatic nitrogens is 4. The third-order valence-corrected chi connectivity index (χ3v) is 4.76. The molecule has 0 radical (unpaired) electrons. The lowest BCUT2D eigenvalue weighted by Crippen LogP contribution is -2.30. The van der Waals surface area contributed by atoms with Gasteiger partial charge in [-0.25, -0.2) is 15.0 Å². The third kappa shape index (κ3) is 3.96. The second-order valence-corrected chi connectivity index (χ2v) is 7.28. The molecule has 0 atom stereocenters. The number of pyridine rings is 2. The highest BCUT2D eigenvalue weighted by molar-refractivity contribution is 6.04. The second-order valence-electron chi connectivity index (χ2n) is 7.28. The fraction of sp³-hybridized carbons (Fsp3) is 0.174. The lowest BCUT2D eigenvalue weighted by atomic mass is 10.1. The van der Waals surface area contributed by atoms with Gasteiger partial charge in [-0.1, -0.05) is 29.8 Å². The van der Waals surface area contributed by atoms with Crippen LogP contribution in [-0.4, -0.2) is 25.4 Å². The molecule has 1 N–H and O–H groups in total. The van der Waals surface area contributed by atoms with Crippen LogP contribution in [0, 0.1) is 20.8 Å². The summed E-state index contributed by atoms with van der Waals surface area (Å²) in [5.41, 5.74) is 3.69. The first-order valence-corrected chi connectivity index (χ1v) is 9.58. The lowest BCUT2D eigenvalue weighted by Gasteiger charge is -2.12. The average Bonchev–Trinajstić information content (AvgIpc) is 2.70. The van der Waals surface area contributed by atoms with E-state index in [0.29, 0.717) is 17.6 Å². The van der Waals surface area contributed by atoms with Crippen molar-refractivity contribution in [1.29, 1.82) is 0 Å². The molecule has 150 valence electrons. The van der Waals surface area contributed by atoms with E-state index in [-0.39, 0.29) is 11.5 Å². The van der Waals surface area contributed by atoms with E-state index >= 15 is 0 Å². The minimum atomic E-state index is -0.548. The maximum atomic E-state index is 13.2. The van der Waals surface area contributed by atoms with Crippen LogP contribution in [0.1, 0.15) is 32.9 Å². The Kier molecular flexibility index (Phi) is 5.10. The first-order chi connectivity index (χ1) is 14.4. The van der Waals surface area contributed by atoms with Crippen LogP contribution in [0.25, 0.3) is 11.0 Å². The number of hydrogen-bond acceptors (Lipinski definition) is 5. The molecule has 7 nitrogen and oxygen atoms in total. The van der Waals surface area contributed by atoms with Gasteiger partial charge in [0.15, 0.2) is 0 Å². The Morgan fingerprint density at radius 3 is 2.40 bits per heavy atom. The molecular weight excluding hydrogens is 378 g/mol. The number of aryl methyl sites for hydroxylation is 3. The lowest BCUT2D eigenvalue weighted by molar-refractivity contribution is 0.102. The number of rotatable bonds is 4. The Morgan fingerprint density at radius 2 is 1.70 bits per heavy atom. The van der Waals surface area contributed by atoms with Crippen molar-refractivity contribution in [1.82, 2.24) is 19.5 Å². The predicted molar refractivity (Wildman–Crippen MR) is 116 cm³/mol. The van der Waals surface area contributed by atoms with Gasteiger partial charge in [-0.15, -0.1) is 0 Å². The summed E-state index contributed by atoms with van der Waals surface area (Å²) >= 11 is 0. The van der Waals surface area contributed by atoms with Crippen LogP contribution in [0.2, 0.25) is 0 Å². The molecule has 0 saturated heterocycles. The molecule has 0 aliphatic heterocycles. The first kappa shape index (κ1) is 19.4. The van der Waals surface area contributed by atoms with E-state index in [1.54, 1.807) is 18.3 Å². The van der Waals surface area contributed by atoms with Crippen LogP contribution in [0.3, 0.4) is 0 Å². The number of nitrogens with one attached hydrogen (secondary N) is 1. The number of fused-ring (bicyclic) bond motifs is 1. The van der Waals surface area contributed by atoms with Gasteiger partial charge in [0.1, 0.15) is 11.2 Å². The maximum absolute atomic E-state index is 13.2. The van der Waals surface area contributed by atoms with E-state index < -0.39 is 11.5 Å². The van der Waals surface area contributed by atoms with Crippen molar-refractivity contribution in [3.63, 3.8) is 0 Å². The van der Waals surface area contributed by atoms with E-state index in [0.717, 1.165) is 22.5 Å². The molecule has 0 saturated carbocycles. The van der Waals surface area contributed by atoms with Gasteiger partial charge in [0.25, 0.3) is 11.5 Å². The molecule has 0 aliphatic carbocycles. The Bertz CT molecular complexity index is 1290. The van der Waals surface area contributed by atoms with Gasteiger partial charge in [-0.2, -0.15) is 0 Å². The van der Waals surface area contributed by atoms with E-state index in [2.05, 4.69) is 20.3 Å². The smallest absolute Gasteiger partial charge is 0.265 e. The summed E-state index contributed by atoms with van der Waals surface area (Å²) in [6.45, 7) is 5.96. The minimum Gasteiger partial charge on any atom is -0.290 e. The summed E-state index contributed by atoms with van der Waals surface area (Å²) in [6.07, 6.45) is 1.64. The fourth-order valence-electron chi connectivity index (χ4n) is 3.34. The molecule has 1 amide bonds. The molecule has 1 aromatic carbocycles. The van der Waals surface area contributed by atoms with Crippen molar-refractivity contribution in [2.75, 3.05) is 5.32 Å². The van der Waals surface area contributed by atoms with Crippen molar-refractivity contribution in [2.45, 2.75) is 27.3 Å². The van der Waals surface area contributed by atoms with E-state index in [1.807, 2.05) is 57.2 Å². The summed E-state index contributed by atoms with van der Waals surface area (Å²) < 4.78 is 1.53. The highest BCUT2D eigenvalue weighted by Crippen LogP contribution is 2.14. The van der Waals surface area contributed by atoms with Gasteiger partial charge in [0.05, 0.1) is 6.54 Å². The Morgan fingerprint density at radius 1 is 1.00 bits per heavy atom. The summed E-state index contributed by atoms with van der Waals surface area (Å²) in [5, 5.41) is 3.35. The topological polar surface area (TPSA) is 89.8 Å². The molecule has 0 fully saturated rings. The SMILES string of the molecule is Cc1ccc(Cn2c(=O)c(C(=O)Nc3nc(C)cc(C)n3)cc3cccnc32)cc1. The summed E-state index contributed by atoms with van der Waals surface area (Å²) in [6, 6.07) is 14.9. The minimum absolute atomic E-state index is 0.0189. The average molecular weight is 399 g/mol. The van der Waals surface area contributed by atoms with E-state index in [9.17, 15) is 9.59 Å². The fourth-order valence-corrected chi connectivity index (χ4v) is 3.34. The van der Waals surface area contributed by atoms with Crippen molar-refractivity contribution >= 4 is 22.9 Å². The van der Waals surface area contributed by atoms with E-state index in [1.165, 1.54) is 4.57 Å². The number of nitrogens with zero attached hydrogens (tertiary/aromatic N) is 4. The quantitative estimate of drug-likeness (QED) is 0.568. The van der Waals surface area contributed by atoms with Crippen molar-refractivity contribution < 1.29 is 4.79 Å². The largest absolute Gasteiger partial charge is 0.290 e. The normalized spacial score (nSPS) is 10.9. The zero-order valence-electron chi connectivity index (χ0n) is 17.0. The molecular formula is C23H21N5O2. The van der Waals surface area contributed by atoms with Gasteiger partial charge in [0.2, 0.25) is 5.95 Å². The zero-order chi connectivity index (χ0) is 21.3. The molecule has 0 spiro atoms. The van der Waals surface area contributed by atoms with Crippen molar-refractivity contribution in [2.24, 2.45) is 0 Å². The number of carbonyl (C=O) groups is 1. The van der Waals surface area contributed by atoms with E-state index in [4.69, 9.17) is 0 Å². The van der Waals surface area contributed by atoms with Crippen molar-refractivity contribution in [3.8, 4) is 0 Å². The maximum Gasteiger partial charge on any atom is 0.265 e. The van der Waals surface area contributed by atoms with Crippen LogP contribution in [0.4, 0.5) is 5.95 Å². The molecule has 0 aliphatic rings. The summed E-state index contributed by atoms with van der Waals surface area (Å²) in [4.78, 5) is 39.0. The van der Waals surface area contributed by atoms with Gasteiger partial charge in [-0.05, 0) is 50.6 Å². The monoisotopic (exact) mass is 399 g/mol. The molecule has 4 aromatic rings. The first-order valence-electron chi connectivity index (χ1n) is 9.58. The highest BCUT2D eigenvalue weighted by atomic mass is 16.2. The standard InChI is InChI=1S/C23H21N5O2/c1-14-6-8-17(9-7-14)13-28-20-18(5-4-10-24-20)12-19(22(28)30)21(29)27-23-25-15(2)11-16(3)26-23/h4-12H,13H2,1-3H3,(H,25,26,27,29). The molecule has 3 heterocycles. The number of carbonyl (C=O) groups excluding carboxylic acids is 1. The Balaban J connectivity index is 1.78. The van der Waals surface area contributed by atoms with Crippen LogP contribution in [-0.2, 0) is 6.54 Å². The van der Waals surface area contributed by atoms with Gasteiger partial charge in [0, 0.05) is 23.0 Å². The van der Waals surface area contributed by atoms with Gasteiger partial charge >= 0.3 is 0 Å². The molecule has 30 heavy (non-hydrogen) atoms. The van der Waals surface area contributed by atoms with Crippen molar-refractivity contribution in [3.05, 3.63) is 93.2 Å². The molecule has 0 bridgehead atoms. The number of benzene rings is 1. The zero-order valence-corrected chi connectivity index (χ0v) is 17.0. The van der Waals surface area contributed by atoms with Crippen LogP contribution in [0.15, 0.2) is 59.5 Å². The van der Waals surface area contributed by atoms with Gasteiger partial charge < -0.3 is 0 Å². The Labute approximate surface area is 173 Å². The summed E-state index contributed by atoms with van der Waals surface area (Å²) in [5.74, 6) is -0.373. The number of hydrogen-bond donors (Lipinski definition) is 1. The number of amides is 1. The highest BCUT2D eigenvalue weighted by Gasteiger charge is 2.18. The number of anilines is 1. The molecule has 7 heteroatoms. The Hall–Kier alpha value is -3.87. The van der Waals surface area contributed by atoms with Gasteiger partial charge in [-0.3, -0.25) is 19.5 Å². The summed E-state index contributed by atoms with van der Waals surface area (Å²) in [7, 11) is 0. The third-order valence-electron chi connectivity index (χ3n) is 4.76. The predicted octanol–water partition coefficient (Wildman–Crippen LogP) is 3.41. The van der Waals surface area contributed by atoms with Crippen LogP contribution in [0.5, 0.6) is 0 Å². The van der Waals surface area contributed by atoms with Crippen LogP contribution >= 0.6 is 0 Å². The molecule has 4 rings (SSSR count). The van der Waals surface area contributed by atoms with Crippen LogP contribution < -0.4 is 10.9 Å². The molecule has 3 aromatic heterocycles. The molecule has 0 unspecified atom stereocenters. The second kappa shape index (κ2) is 7.87.